The number of carbonyl (C=O) groups excluding carboxylic acids is 1. The maximum absolute atomic E-state index is 11.9. The van der Waals surface area contributed by atoms with Gasteiger partial charge in [-0.3, -0.25) is 4.79 Å². The van der Waals surface area contributed by atoms with Crippen molar-refractivity contribution in [2.75, 3.05) is 5.73 Å². The van der Waals surface area contributed by atoms with Crippen molar-refractivity contribution in [1.29, 1.82) is 0 Å². The molecular weight excluding hydrogens is 417 g/mol. The van der Waals surface area contributed by atoms with E-state index in [4.69, 9.17) is 5.73 Å². The molecule has 0 saturated carbocycles. The number of nitrogens with two attached hydrogens (primary N) is 1. The van der Waals surface area contributed by atoms with Gasteiger partial charge < -0.3 is 10.1 Å². The van der Waals surface area contributed by atoms with Crippen LogP contribution in [0.5, 0.6) is 0 Å². The molecule has 0 aliphatic carbocycles. The fraction of sp³-hybridized carbons (Fsp3) is 0. The molecule has 0 spiro atoms. The van der Waals surface area contributed by atoms with Gasteiger partial charge in [-0.2, -0.15) is 0 Å². The Hall–Kier alpha value is -0.720. The summed E-state index contributed by atoms with van der Waals surface area (Å²) in [5.74, 6) is 2.57. The molecule has 86 valence electrons. The molecule has 0 aromatic carbocycles. The van der Waals surface area contributed by atoms with E-state index in [0.29, 0.717) is 16.9 Å². The summed E-state index contributed by atoms with van der Waals surface area (Å²) in [7, 11) is 1.26. The standard InChI is InChI=1S/C10H5BrIN3OS/c11-8-5-6(7(16)1-4-17-12)9-10(13)14-2-3-15(8)9/h2-3,5H,(H2,13,14). The number of hydrogen-bond acceptors (Lipinski definition) is 4. The van der Waals surface area contributed by atoms with Gasteiger partial charge in [0.25, 0.3) is 0 Å². The Morgan fingerprint density at radius 2 is 2.41 bits per heavy atom. The summed E-state index contributed by atoms with van der Waals surface area (Å²) in [6.07, 6.45) is 3.31. The Kier molecular flexibility index (Phi) is 3.96. The van der Waals surface area contributed by atoms with E-state index in [2.05, 4.69) is 32.1 Å². The quantitative estimate of drug-likeness (QED) is 0.437. The van der Waals surface area contributed by atoms with Crippen LogP contribution in [0.15, 0.2) is 23.1 Å². The molecule has 0 aliphatic rings. The van der Waals surface area contributed by atoms with Crippen LogP contribution in [-0.4, -0.2) is 15.2 Å². The highest BCUT2D eigenvalue weighted by molar-refractivity contribution is 14.2. The largest absolute Gasteiger partial charge is 0.382 e. The Bertz CT molecular complexity index is 659. The van der Waals surface area contributed by atoms with Gasteiger partial charge in [-0.1, -0.05) is 0 Å². The summed E-state index contributed by atoms with van der Waals surface area (Å²) < 4.78 is 2.50. The first-order chi connectivity index (χ1) is 8.15. The van der Waals surface area contributed by atoms with Crippen LogP contribution in [0, 0.1) is 11.2 Å². The van der Waals surface area contributed by atoms with E-state index >= 15 is 0 Å². The number of ketones is 1. The zero-order valence-electron chi connectivity index (χ0n) is 8.28. The van der Waals surface area contributed by atoms with Gasteiger partial charge in [-0.25, -0.2) is 4.98 Å². The Morgan fingerprint density at radius 3 is 3.12 bits per heavy atom. The first-order valence-corrected chi connectivity index (χ1v) is 8.54. The second-order valence-corrected chi connectivity index (χ2v) is 5.54. The van der Waals surface area contributed by atoms with Gasteiger partial charge in [0.1, 0.15) is 11.3 Å². The number of rotatable bonds is 1. The zero-order valence-corrected chi connectivity index (χ0v) is 12.8. The van der Waals surface area contributed by atoms with Gasteiger partial charge >= 0.3 is 0 Å². The molecule has 0 saturated heterocycles. The lowest BCUT2D eigenvalue weighted by Crippen LogP contribution is -2.00. The van der Waals surface area contributed by atoms with Crippen LogP contribution in [0.4, 0.5) is 5.82 Å². The number of nitrogens with zero attached hydrogens (tertiary/aromatic N) is 2. The van der Waals surface area contributed by atoms with Crippen molar-refractivity contribution in [2.45, 2.75) is 0 Å². The van der Waals surface area contributed by atoms with Gasteiger partial charge in [-0.15, -0.1) is 0 Å². The molecule has 0 atom stereocenters. The summed E-state index contributed by atoms with van der Waals surface area (Å²) in [6, 6.07) is 1.70. The number of Topliss-reactive ketones (excluding diaryl/α,β-unsaturated/α-hetero) is 1. The second-order valence-electron chi connectivity index (χ2n) is 3.05. The number of anilines is 1. The zero-order chi connectivity index (χ0) is 12.4. The Labute approximate surface area is 122 Å². The molecule has 0 bridgehead atoms. The van der Waals surface area contributed by atoms with Gasteiger partial charge in [-0.05, 0) is 42.1 Å². The number of nitrogen functional groups attached to an aromatic ring is 1. The van der Waals surface area contributed by atoms with Crippen molar-refractivity contribution < 1.29 is 4.79 Å². The molecule has 0 radical (unpaired) electrons. The van der Waals surface area contributed by atoms with Crippen LogP contribution in [-0.2, 0) is 0 Å². The number of halogens is 2. The van der Waals surface area contributed by atoms with Crippen LogP contribution in [0.3, 0.4) is 0 Å². The lowest BCUT2D eigenvalue weighted by molar-refractivity contribution is 0.105. The Balaban J connectivity index is 2.66. The lowest BCUT2D eigenvalue weighted by atomic mass is 10.2. The molecule has 2 aromatic heterocycles. The molecule has 0 aliphatic heterocycles. The smallest absolute Gasteiger partial charge is 0.239 e. The van der Waals surface area contributed by atoms with Crippen LogP contribution in [0.25, 0.3) is 5.52 Å². The number of carbonyl (C=O) groups is 1. The predicted octanol–water partition coefficient (Wildman–Crippen LogP) is 2.91. The second kappa shape index (κ2) is 5.29. The van der Waals surface area contributed by atoms with Crippen molar-refractivity contribution in [1.82, 2.24) is 9.38 Å². The number of fused-ring (bicyclic) bond motifs is 1. The molecule has 17 heavy (non-hydrogen) atoms. The topological polar surface area (TPSA) is 60.4 Å². The van der Waals surface area contributed by atoms with Gasteiger partial charge in [0, 0.05) is 33.6 Å². The molecule has 2 rings (SSSR count). The van der Waals surface area contributed by atoms with Gasteiger partial charge in [0.05, 0.1) is 10.2 Å². The summed E-state index contributed by atoms with van der Waals surface area (Å²) in [6.45, 7) is 0. The minimum atomic E-state index is -0.267. The summed E-state index contributed by atoms with van der Waals surface area (Å²) in [5, 5.41) is 2.66. The van der Waals surface area contributed by atoms with Crippen molar-refractivity contribution in [3.05, 3.63) is 28.6 Å². The van der Waals surface area contributed by atoms with Crippen LogP contribution >= 0.6 is 46.1 Å². The van der Waals surface area contributed by atoms with E-state index in [9.17, 15) is 4.79 Å². The third kappa shape index (κ3) is 2.43. The summed E-state index contributed by atoms with van der Waals surface area (Å²) in [4.78, 5) is 15.8. The van der Waals surface area contributed by atoms with E-state index < -0.39 is 0 Å². The molecular formula is C10H5BrIN3OS. The van der Waals surface area contributed by atoms with E-state index in [1.165, 1.54) is 8.93 Å². The van der Waals surface area contributed by atoms with E-state index in [0.717, 1.165) is 4.60 Å². The van der Waals surface area contributed by atoms with Crippen LogP contribution < -0.4 is 5.73 Å². The monoisotopic (exact) mass is 421 g/mol. The SMILES string of the molecule is Nc1nccn2c(Br)cc(C(=O)C#CSI)c12. The van der Waals surface area contributed by atoms with Crippen molar-refractivity contribution >= 4 is 63.2 Å². The first-order valence-electron chi connectivity index (χ1n) is 4.39. The fourth-order valence-corrected chi connectivity index (χ4v) is 2.43. The average Bonchev–Trinajstić information content (AvgIpc) is 2.66. The minimum absolute atomic E-state index is 0.267. The van der Waals surface area contributed by atoms with Crippen molar-refractivity contribution in [2.24, 2.45) is 0 Å². The van der Waals surface area contributed by atoms with E-state index in [-0.39, 0.29) is 5.78 Å². The molecule has 0 fully saturated rings. The number of aromatic nitrogens is 2. The van der Waals surface area contributed by atoms with Crippen LogP contribution in [0.2, 0.25) is 0 Å². The molecule has 2 aromatic rings. The third-order valence-electron chi connectivity index (χ3n) is 2.11. The molecule has 0 unspecified atom stereocenters. The molecule has 7 heteroatoms. The van der Waals surface area contributed by atoms with Crippen molar-refractivity contribution in [3.8, 4) is 11.2 Å². The molecule has 0 amide bonds. The average molecular weight is 422 g/mol. The number of hydrogen-bond donors (Lipinski definition) is 1. The highest BCUT2D eigenvalue weighted by Crippen LogP contribution is 2.25. The fourth-order valence-electron chi connectivity index (χ4n) is 1.45. The molecule has 4 nitrogen and oxygen atoms in total. The maximum Gasteiger partial charge on any atom is 0.239 e. The van der Waals surface area contributed by atoms with Gasteiger partial charge in [0.15, 0.2) is 0 Å². The normalized spacial score (nSPS) is 10.0. The Morgan fingerprint density at radius 1 is 1.65 bits per heavy atom. The van der Waals surface area contributed by atoms with Crippen LogP contribution in [0.1, 0.15) is 10.4 Å². The summed E-state index contributed by atoms with van der Waals surface area (Å²) in [5.41, 5.74) is 6.82. The van der Waals surface area contributed by atoms with Gasteiger partial charge in [0.2, 0.25) is 5.78 Å². The van der Waals surface area contributed by atoms with Crippen molar-refractivity contribution in [3.63, 3.8) is 0 Å². The highest BCUT2D eigenvalue weighted by Gasteiger charge is 2.15. The maximum atomic E-state index is 11.9. The lowest BCUT2D eigenvalue weighted by Gasteiger charge is -1.99. The highest BCUT2D eigenvalue weighted by atomic mass is 127. The van der Waals surface area contributed by atoms with E-state index in [1.54, 1.807) is 22.9 Å². The first kappa shape index (κ1) is 12.7. The third-order valence-corrected chi connectivity index (χ3v) is 3.56. The van der Waals surface area contributed by atoms with E-state index in [1.807, 2.05) is 21.2 Å². The molecule has 2 heterocycles. The minimum Gasteiger partial charge on any atom is -0.382 e. The predicted molar refractivity (Wildman–Crippen MR) is 81.0 cm³/mol. The molecule has 2 N–H and O–H groups in total. The summed E-state index contributed by atoms with van der Waals surface area (Å²) >= 11 is 5.37.